The van der Waals surface area contributed by atoms with Crippen LogP contribution in [0.3, 0.4) is 0 Å². The van der Waals surface area contributed by atoms with E-state index in [-0.39, 0.29) is 12.5 Å². The minimum Gasteiger partial charge on any atom is -0.394 e. The van der Waals surface area contributed by atoms with Gasteiger partial charge in [0.15, 0.2) is 0 Å². The Hall–Kier alpha value is -0.860. The molecule has 0 spiro atoms. The topological polar surface area (TPSA) is 40.5 Å². The Morgan fingerprint density at radius 1 is 1.21 bits per heavy atom. The number of aliphatic hydroxyl groups is 2. The van der Waals surface area contributed by atoms with Crippen LogP contribution in [0, 0.1) is 5.92 Å². The van der Waals surface area contributed by atoms with Gasteiger partial charge in [-0.05, 0) is 24.3 Å². The largest absolute Gasteiger partial charge is 0.394 e. The summed E-state index contributed by atoms with van der Waals surface area (Å²) in [5, 5.41) is 18.1. The monoisotopic (exact) mass is 194 g/mol. The Bertz CT molecular complexity index is 246. The number of benzene rings is 1. The Kier molecular flexibility index (Phi) is 4.63. The minimum absolute atomic E-state index is 0.143. The summed E-state index contributed by atoms with van der Waals surface area (Å²) < 4.78 is 0. The molecule has 2 atom stereocenters. The van der Waals surface area contributed by atoms with Gasteiger partial charge in [-0.3, -0.25) is 0 Å². The standard InChI is InChI=1S/C12H18O2/c1-10(12(14)9-13)7-8-11-5-3-2-4-6-11/h2-6,10,12-14H,7-9H2,1H3/t10?,12-/m0/s1. The first-order valence-electron chi connectivity index (χ1n) is 5.07. The van der Waals surface area contributed by atoms with E-state index in [4.69, 9.17) is 5.11 Å². The molecule has 1 aromatic rings. The molecule has 0 saturated carbocycles. The zero-order valence-corrected chi connectivity index (χ0v) is 8.56. The van der Waals surface area contributed by atoms with Crippen LogP contribution in [-0.2, 0) is 6.42 Å². The van der Waals surface area contributed by atoms with Crippen LogP contribution in [0.25, 0.3) is 0 Å². The first-order valence-corrected chi connectivity index (χ1v) is 5.07. The number of aryl methyl sites for hydroxylation is 1. The fourth-order valence-electron chi connectivity index (χ4n) is 1.41. The second-order valence-corrected chi connectivity index (χ2v) is 3.75. The summed E-state index contributed by atoms with van der Waals surface area (Å²) in [6.07, 6.45) is 1.28. The van der Waals surface area contributed by atoms with Gasteiger partial charge in [-0.25, -0.2) is 0 Å². The van der Waals surface area contributed by atoms with Crippen LogP contribution in [0.15, 0.2) is 30.3 Å². The van der Waals surface area contributed by atoms with Crippen LogP contribution in [0.4, 0.5) is 0 Å². The van der Waals surface area contributed by atoms with E-state index in [0.717, 1.165) is 12.8 Å². The predicted molar refractivity (Wildman–Crippen MR) is 57.0 cm³/mol. The molecule has 0 aliphatic rings. The molecule has 0 aliphatic heterocycles. The molecule has 0 aromatic heterocycles. The highest BCUT2D eigenvalue weighted by Crippen LogP contribution is 2.12. The number of aliphatic hydroxyl groups excluding tert-OH is 2. The van der Waals surface area contributed by atoms with Gasteiger partial charge in [-0.15, -0.1) is 0 Å². The quantitative estimate of drug-likeness (QED) is 0.747. The van der Waals surface area contributed by atoms with E-state index in [1.165, 1.54) is 5.56 Å². The molecule has 78 valence electrons. The Morgan fingerprint density at radius 2 is 1.86 bits per heavy atom. The van der Waals surface area contributed by atoms with Gasteiger partial charge in [0.1, 0.15) is 0 Å². The van der Waals surface area contributed by atoms with E-state index in [9.17, 15) is 5.11 Å². The molecule has 2 heteroatoms. The van der Waals surface area contributed by atoms with Gasteiger partial charge in [0.05, 0.1) is 12.7 Å². The van der Waals surface area contributed by atoms with Crippen LogP contribution in [0.1, 0.15) is 18.9 Å². The molecule has 1 rings (SSSR count). The Morgan fingerprint density at radius 3 is 2.43 bits per heavy atom. The molecular weight excluding hydrogens is 176 g/mol. The third-order valence-corrected chi connectivity index (χ3v) is 2.58. The molecule has 0 saturated heterocycles. The summed E-state index contributed by atoms with van der Waals surface area (Å²) in [6, 6.07) is 10.2. The zero-order valence-electron chi connectivity index (χ0n) is 8.56. The van der Waals surface area contributed by atoms with E-state index >= 15 is 0 Å². The summed E-state index contributed by atoms with van der Waals surface area (Å²) in [5.74, 6) is 0.153. The van der Waals surface area contributed by atoms with Crippen molar-refractivity contribution >= 4 is 0 Å². The minimum atomic E-state index is -0.585. The van der Waals surface area contributed by atoms with E-state index in [0.29, 0.717) is 0 Å². The van der Waals surface area contributed by atoms with Crippen LogP contribution in [-0.4, -0.2) is 22.9 Å². The summed E-state index contributed by atoms with van der Waals surface area (Å²) in [6.45, 7) is 1.82. The summed E-state index contributed by atoms with van der Waals surface area (Å²) in [4.78, 5) is 0. The third kappa shape index (κ3) is 3.48. The SMILES string of the molecule is CC(CCc1ccccc1)[C@@H](O)CO. The van der Waals surface area contributed by atoms with Gasteiger partial charge in [0.2, 0.25) is 0 Å². The molecule has 14 heavy (non-hydrogen) atoms. The molecule has 0 radical (unpaired) electrons. The molecule has 0 heterocycles. The van der Waals surface area contributed by atoms with Crippen molar-refractivity contribution in [1.82, 2.24) is 0 Å². The maximum absolute atomic E-state index is 9.35. The van der Waals surface area contributed by atoms with Crippen molar-refractivity contribution < 1.29 is 10.2 Å². The van der Waals surface area contributed by atoms with Crippen molar-refractivity contribution in [1.29, 1.82) is 0 Å². The number of hydrogen-bond donors (Lipinski definition) is 2. The first kappa shape index (κ1) is 11.2. The maximum Gasteiger partial charge on any atom is 0.0796 e. The van der Waals surface area contributed by atoms with Gasteiger partial charge in [-0.1, -0.05) is 37.3 Å². The highest BCUT2D eigenvalue weighted by Gasteiger charge is 2.12. The molecule has 0 fully saturated rings. The molecule has 0 bridgehead atoms. The van der Waals surface area contributed by atoms with Gasteiger partial charge in [0, 0.05) is 0 Å². The predicted octanol–water partition coefficient (Wildman–Crippen LogP) is 1.61. The molecule has 0 aliphatic carbocycles. The highest BCUT2D eigenvalue weighted by atomic mass is 16.3. The van der Waals surface area contributed by atoms with Crippen LogP contribution in [0.2, 0.25) is 0 Å². The normalized spacial score (nSPS) is 15.1. The van der Waals surface area contributed by atoms with Crippen molar-refractivity contribution in [3.8, 4) is 0 Å². The maximum atomic E-state index is 9.35. The average molecular weight is 194 g/mol. The summed E-state index contributed by atoms with van der Waals surface area (Å²) in [7, 11) is 0. The van der Waals surface area contributed by atoms with Gasteiger partial charge >= 0.3 is 0 Å². The van der Waals surface area contributed by atoms with E-state index in [1.807, 2.05) is 25.1 Å². The molecule has 2 N–H and O–H groups in total. The lowest BCUT2D eigenvalue weighted by atomic mass is 9.96. The van der Waals surface area contributed by atoms with E-state index in [2.05, 4.69) is 12.1 Å². The van der Waals surface area contributed by atoms with Crippen molar-refractivity contribution in [2.24, 2.45) is 5.92 Å². The van der Waals surface area contributed by atoms with Crippen LogP contribution in [0.5, 0.6) is 0 Å². The molecule has 1 aromatic carbocycles. The molecule has 2 nitrogen and oxygen atoms in total. The van der Waals surface area contributed by atoms with Crippen molar-refractivity contribution in [2.75, 3.05) is 6.61 Å². The lowest BCUT2D eigenvalue weighted by Crippen LogP contribution is -2.22. The van der Waals surface area contributed by atoms with Gasteiger partial charge in [-0.2, -0.15) is 0 Å². The smallest absolute Gasteiger partial charge is 0.0796 e. The third-order valence-electron chi connectivity index (χ3n) is 2.58. The molecule has 0 amide bonds. The van der Waals surface area contributed by atoms with Gasteiger partial charge < -0.3 is 10.2 Å². The second-order valence-electron chi connectivity index (χ2n) is 3.75. The first-order chi connectivity index (χ1) is 6.74. The average Bonchev–Trinajstić information content (AvgIpc) is 2.26. The molecular formula is C12H18O2. The molecule has 1 unspecified atom stereocenters. The van der Waals surface area contributed by atoms with E-state index in [1.54, 1.807) is 0 Å². The fraction of sp³-hybridized carbons (Fsp3) is 0.500. The van der Waals surface area contributed by atoms with Crippen molar-refractivity contribution in [3.05, 3.63) is 35.9 Å². The van der Waals surface area contributed by atoms with Crippen molar-refractivity contribution in [2.45, 2.75) is 25.9 Å². The fourth-order valence-corrected chi connectivity index (χ4v) is 1.41. The van der Waals surface area contributed by atoms with Crippen LogP contribution >= 0.6 is 0 Å². The lowest BCUT2D eigenvalue weighted by molar-refractivity contribution is 0.0505. The van der Waals surface area contributed by atoms with Crippen molar-refractivity contribution in [3.63, 3.8) is 0 Å². The number of rotatable bonds is 5. The summed E-state index contributed by atoms with van der Waals surface area (Å²) in [5.41, 5.74) is 1.28. The Balaban J connectivity index is 2.34. The lowest BCUT2D eigenvalue weighted by Gasteiger charge is -2.16. The van der Waals surface area contributed by atoms with Gasteiger partial charge in [0.25, 0.3) is 0 Å². The highest BCUT2D eigenvalue weighted by molar-refractivity contribution is 5.14. The summed E-state index contributed by atoms with van der Waals surface area (Å²) >= 11 is 0. The number of hydrogen-bond acceptors (Lipinski definition) is 2. The zero-order chi connectivity index (χ0) is 10.4. The van der Waals surface area contributed by atoms with Crippen LogP contribution < -0.4 is 0 Å². The second kappa shape index (κ2) is 5.78. The van der Waals surface area contributed by atoms with E-state index < -0.39 is 6.10 Å². The Labute approximate surface area is 85.2 Å².